The lowest BCUT2D eigenvalue weighted by Crippen LogP contribution is -2.47. The van der Waals surface area contributed by atoms with E-state index in [1.54, 1.807) is 0 Å². The number of carbonyl (C=O) groups is 1. The first-order valence-electron chi connectivity index (χ1n) is 7.97. The summed E-state index contributed by atoms with van der Waals surface area (Å²) in [7, 11) is 0. The summed E-state index contributed by atoms with van der Waals surface area (Å²) in [4.78, 5) is 11.7. The van der Waals surface area contributed by atoms with Crippen LogP contribution in [0.2, 0.25) is 0 Å². The molecule has 0 saturated heterocycles. The average Bonchev–Trinajstić information content (AvgIpc) is 2.98. The molecule has 2 N–H and O–H groups in total. The van der Waals surface area contributed by atoms with Crippen LogP contribution in [0.3, 0.4) is 0 Å². The minimum absolute atomic E-state index is 0.00204. The Balaban J connectivity index is 1.89. The van der Waals surface area contributed by atoms with Crippen molar-refractivity contribution in [2.75, 3.05) is 0 Å². The maximum absolute atomic E-state index is 11.7. The van der Waals surface area contributed by atoms with Gasteiger partial charge in [0.15, 0.2) is 0 Å². The molecule has 0 aromatic heterocycles. The first kappa shape index (κ1) is 14.1. The van der Waals surface area contributed by atoms with Gasteiger partial charge in [0, 0.05) is 5.41 Å². The standard InChI is InChI=1S/C17H26O3/c1-16(2,12-3-5-13(18)6-4-12)17-8-7-11(10-17)9-14(17)15(19)20/h7-8,11-14,18H,3-6,9-10H2,1-2H3,(H,19,20). The second-order valence-electron chi connectivity index (χ2n) is 7.72. The van der Waals surface area contributed by atoms with Crippen LogP contribution in [0.5, 0.6) is 0 Å². The zero-order valence-corrected chi connectivity index (χ0v) is 12.5. The van der Waals surface area contributed by atoms with Crippen LogP contribution in [0.1, 0.15) is 52.4 Å². The number of aliphatic carboxylic acids is 1. The predicted molar refractivity (Wildman–Crippen MR) is 77.2 cm³/mol. The van der Waals surface area contributed by atoms with Gasteiger partial charge < -0.3 is 10.2 Å². The highest BCUT2D eigenvalue weighted by Gasteiger charge is 2.61. The maximum atomic E-state index is 11.7. The number of allylic oxidation sites excluding steroid dienone is 2. The fourth-order valence-electron chi connectivity index (χ4n) is 5.24. The molecule has 0 amide bonds. The summed E-state index contributed by atoms with van der Waals surface area (Å²) in [6, 6.07) is 0. The van der Waals surface area contributed by atoms with Crippen molar-refractivity contribution in [3.8, 4) is 0 Å². The molecule has 0 aliphatic heterocycles. The average molecular weight is 278 g/mol. The molecule has 2 bridgehead atoms. The number of carboxylic acids is 1. The maximum Gasteiger partial charge on any atom is 0.307 e. The third kappa shape index (κ3) is 1.86. The quantitative estimate of drug-likeness (QED) is 0.779. The van der Waals surface area contributed by atoms with Crippen molar-refractivity contribution in [1.82, 2.24) is 0 Å². The molecular weight excluding hydrogens is 252 g/mol. The van der Waals surface area contributed by atoms with Crippen LogP contribution >= 0.6 is 0 Å². The van der Waals surface area contributed by atoms with E-state index in [0.717, 1.165) is 38.5 Å². The zero-order valence-electron chi connectivity index (χ0n) is 12.5. The van der Waals surface area contributed by atoms with Crippen LogP contribution in [-0.2, 0) is 4.79 Å². The molecule has 3 rings (SSSR count). The molecule has 20 heavy (non-hydrogen) atoms. The van der Waals surface area contributed by atoms with Gasteiger partial charge in [0.1, 0.15) is 0 Å². The van der Waals surface area contributed by atoms with Gasteiger partial charge in [-0.25, -0.2) is 0 Å². The molecule has 0 aromatic rings. The lowest BCUT2D eigenvalue weighted by atomic mass is 9.53. The zero-order chi connectivity index (χ0) is 14.5. The molecular formula is C17H26O3. The first-order chi connectivity index (χ1) is 9.37. The Labute approximate surface area is 121 Å². The summed E-state index contributed by atoms with van der Waals surface area (Å²) >= 11 is 0. The minimum atomic E-state index is -0.624. The molecule has 112 valence electrons. The first-order valence-corrected chi connectivity index (χ1v) is 7.97. The van der Waals surface area contributed by atoms with E-state index < -0.39 is 5.97 Å². The number of fused-ring (bicyclic) bond motifs is 2. The van der Waals surface area contributed by atoms with E-state index in [0.29, 0.717) is 11.8 Å². The predicted octanol–water partition coefficient (Wildman–Crippen LogP) is 3.23. The fourth-order valence-corrected chi connectivity index (χ4v) is 5.24. The second kappa shape index (κ2) is 4.59. The SMILES string of the molecule is CC(C)(C1CCC(O)CC1)C12C=CC(CC1C(=O)O)C2. The van der Waals surface area contributed by atoms with Gasteiger partial charge in [-0.3, -0.25) is 4.79 Å². The summed E-state index contributed by atoms with van der Waals surface area (Å²) in [5, 5.41) is 19.4. The summed E-state index contributed by atoms with van der Waals surface area (Å²) < 4.78 is 0. The van der Waals surface area contributed by atoms with Crippen LogP contribution in [0.4, 0.5) is 0 Å². The van der Waals surface area contributed by atoms with Crippen LogP contribution < -0.4 is 0 Å². The summed E-state index contributed by atoms with van der Waals surface area (Å²) in [6.07, 6.45) is 9.95. The molecule has 3 aliphatic rings. The highest BCUT2D eigenvalue weighted by Crippen LogP contribution is 2.65. The molecule has 2 saturated carbocycles. The Hall–Kier alpha value is -0.830. The molecule has 0 aromatic carbocycles. The van der Waals surface area contributed by atoms with Crippen LogP contribution in [0.15, 0.2) is 12.2 Å². The van der Waals surface area contributed by atoms with Gasteiger partial charge in [-0.05, 0) is 55.8 Å². The van der Waals surface area contributed by atoms with E-state index >= 15 is 0 Å². The number of rotatable bonds is 3. The van der Waals surface area contributed by atoms with Gasteiger partial charge in [-0.2, -0.15) is 0 Å². The van der Waals surface area contributed by atoms with E-state index in [2.05, 4.69) is 26.0 Å². The van der Waals surface area contributed by atoms with Crippen LogP contribution in [0.25, 0.3) is 0 Å². The van der Waals surface area contributed by atoms with E-state index in [1.165, 1.54) is 0 Å². The van der Waals surface area contributed by atoms with Gasteiger partial charge in [-0.15, -0.1) is 0 Å². The van der Waals surface area contributed by atoms with Crippen LogP contribution in [-0.4, -0.2) is 22.3 Å². The number of carboxylic acid groups (broad SMARTS) is 1. The number of aliphatic hydroxyl groups is 1. The Morgan fingerprint density at radius 2 is 1.90 bits per heavy atom. The number of hydrogen-bond donors (Lipinski definition) is 2. The molecule has 3 aliphatic carbocycles. The Kier molecular flexibility index (Phi) is 3.24. The van der Waals surface area contributed by atoms with Crippen molar-refractivity contribution >= 4 is 5.97 Å². The van der Waals surface area contributed by atoms with Gasteiger partial charge >= 0.3 is 5.97 Å². The number of hydrogen-bond acceptors (Lipinski definition) is 2. The lowest BCUT2D eigenvalue weighted by Gasteiger charge is -2.51. The largest absolute Gasteiger partial charge is 0.481 e. The van der Waals surface area contributed by atoms with Crippen molar-refractivity contribution in [3.63, 3.8) is 0 Å². The highest BCUT2D eigenvalue weighted by molar-refractivity contribution is 5.73. The Morgan fingerprint density at radius 1 is 1.25 bits per heavy atom. The van der Waals surface area contributed by atoms with Crippen LogP contribution in [0, 0.1) is 28.6 Å². The van der Waals surface area contributed by atoms with Gasteiger partial charge in [0.2, 0.25) is 0 Å². The van der Waals surface area contributed by atoms with Crippen molar-refractivity contribution in [3.05, 3.63) is 12.2 Å². The summed E-state index contributed by atoms with van der Waals surface area (Å²) in [5.74, 6) is 0.138. The minimum Gasteiger partial charge on any atom is -0.481 e. The van der Waals surface area contributed by atoms with Crippen molar-refractivity contribution in [2.45, 2.75) is 58.5 Å². The third-order valence-electron chi connectivity index (χ3n) is 6.64. The van der Waals surface area contributed by atoms with Gasteiger partial charge in [0.05, 0.1) is 12.0 Å². The second-order valence-corrected chi connectivity index (χ2v) is 7.72. The highest BCUT2D eigenvalue weighted by atomic mass is 16.4. The Bertz CT molecular complexity index is 432. The van der Waals surface area contributed by atoms with E-state index in [1.807, 2.05) is 0 Å². The van der Waals surface area contributed by atoms with E-state index in [-0.39, 0.29) is 22.9 Å². The molecule has 3 nitrogen and oxygen atoms in total. The monoisotopic (exact) mass is 278 g/mol. The number of aliphatic hydroxyl groups excluding tert-OH is 1. The Morgan fingerprint density at radius 3 is 2.45 bits per heavy atom. The molecule has 0 heterocycles. The molecule has 0 radical (unpaired) electrons. The molecule has 3 unspecified atom stereocenters. The van der Waals surface area contributed by atoms with Crippen molar-refractivity contribution < 1.29 is 15.0 Å². The lowest BCUT2D eigenvalue weighted by molar-refractivity contribution is -0.149. The van der Waals surface area contributed by atoms with E-state index in [4.69, 9.17) is 0 Å². The van der Waals surface area contributed by atoms with Gasteiger partial charge in [0.25, 0.3) is 0 Å². The molecule has 0 spiro atoms. The topological polar surface area (TPSA) is 57.5 Å². The van der Waals surface area contributed by atoms with E-state index in [9.17, 15) is 15.0 Å². The fraction of sp³-hybridized carbons (Fsp3) is 0.824. The molecule has 3 heteroatoms. The third-order valence-corrected chi connectivity index (χ3v) is 6.64. The summed E-state index contributed by atoms with van der Waals surface area (Å²) in [5.41, 5.74) is -0.172. The summed E-state index contributed by atoms with van der Waals surface area (Å²) in [6.45, 7) is 4.53. The molecule has 2 fully saturated rings. The van der Waals surface area contributed by atoms with Gasteiger partial charge in [-0.1, -0.05) is 26.0 Å². The molecule has 3 atom stereocenters. The normalized spacial score (nSPS) is 44.0. The van der Waals surface area contributed by atoms with Crippen molar-refractivity contribution in [2.24, 2.45) is 28.6 Å². The van der Waals surface area contributed by atoms with Crippen molar-refractivity contribution in [1.29, 1.82) is 0 Å². The smallest absolute Gasteiger partial charge is 0.307 e.